The van der Waals surface area contributed by atoms with Gasteiger partial charge in [-0.25, -0.2) is 9.38 Å². The normalized spacial score (nSPS) is 16.4. The van der Waals surface area contributed by atoms with Crippen LogP contribution < -0.4 is 10.6 Å². The number of piperidine rings is 1. The SMILES string of the molecule is CCNC(=NCc1ccc(F)c(COC)c1)NCC(C)(C)N1CCCCC1. The Morgan fingerprint density at radius 2 is 1.96 bits per heavy atom. The van der Waals surface area contributed by atoms with Crippen molar-refractivity contribution in [2.24, 2.45) is 4.99 Å². The lowest BCUT2D eigenvalue weighted by Gasteiger charge is -2.41. The van der Waals surface area contributed by atoms with Gasteiger partial charge in [-0.3, -0.25) is 4.90 Å². The van der Waals surface area contributed by atoms with Crippen molar-refractivity contribution in [3.8, 4) is 0 Å². The number of hydrogen-bond donors (Lipinski definition) is 2. The predicted molar refractivity (Wildman–Crippen MR) is 109 cm³/mol. The Hall–Kier alpha value is -1.66. The standard InChI is InChI=1S/C21H35FN4O/c1-5-23-20(25-16-21(2,3)26-11-7-6-8-12-26)24-14-17-9-10-19(22)18(13-17)15-27-4/h9-10,13H,5-8,11-12,14-16H2,1-4H3,(H2,23,24,25). The first kappa shape index (κ1) is 21.6. The number of aliphatic imine (C=N–C) groups is 1. The molecule has 0 saturated carbocycles. The zero-order valence-electron chi connectivity index (χ0n) is 17.3. The van der Waals surface area contributed by atoms with E-state index in [1.165, 1.54) is 38.4 Å². The van der Waals surface area contributed by atoms with Gasteiger partial charge < -0.3 is 15.4 Å². The lowest BCUT2D eigenvalue weighted by atomic mass is 9.98. The molecule has 1 saturated heterocycles. The summed E-state index contributed by atoms with van der Waals surface area (Å²) >= 11 is 0. The number of methoxy groups -OCH3 is 1. The largest absolute Gasteiger partial charge is 0.380 e. The van der Waals surface area contributed by atoms with E-state index in [4.69, 9.17) is 4.74 Å². The molecule has 0 amide bonds. The summed E-state index contributed by atoms with van der Waals surface area (Å²) < 4.78 is 18.8. The fourth-order valence-electron chi connectivity index (χ4n) is 3.42. The molecule has 27 heavy (non-hydrogen) atoms. The van der Waals surface area contributed by atoms with E-state index in [9.17, 15) is 4.39 Å². The van der Waals surface area contributed by atoms with E-state index in [0.717, 1.165) is 24.6 Å². The third-order valence-corrected chi connectivity index (χ3v) is 5.07. The van der Waals surface area contributed by atoms with E-state index >= 15 is 0 Å². The molecule has 1 aliphatic rings. The Balaban J connectivity index is 1.98. The fourth-order valence-corrected chi connectivity index (χ4v) is 3.42. The second kappa shape index (κ2) is 10.6. The summed E-state index contributed by atoms with van der Waals surface area (Å²) in [7, 11) is 1.57. The van der Waals surface area contributed by atoms with Crippen molar-refractivity contribution in [2.45, 2.75) is 58.7 Å². The van der Waals surface area contributed by atoms with Crippen LogP contribution in [0, 0.1) is 5.82 Å². The molecule has 1 fully saturated rings. The summed E-state index contributed by atoms with van der Waals surface area (Å²) in [4.78, 5) is 7.24. The molecule has 152 valence electrons. The smallest absolute Gasteiger partial charge is 0.191 e. The van der Waals surface area contributed by atoms with Crippen LogP contribution in [0.4, 0.5) is 4.39 Å². The van der Waals surface area contributed by atoms with Crippen molar-refractivity contribution >= 4 is 5.96 Å². The highest BCUT2D eigenvalue weighted by Crippen LogP contribution is 2.19. The van der Waals surface area contributed by atoms with Crippen molar-refractivity contribution in [1.82, 2.24) is 15.5 Å². The summed E-state index contributed by atoms with van der Waals surface area (Å²) in [6, 6.07) is 5.09. The molecule has 0 atom stereocenters. The summed E-state index contributed by atoms with van der Waals surface area (Å²) in [5, 5.41) is 6.78. The van der Waals surface area contributed by atoms with Crippen LogP contribution in [0.1, 0.15) is 51.2 Å². The minimum absolute atomic E-state index is 0.0815. The first-order valence-electron chi connectivity index (χ1n) is 9.99. The Labute approximate surface area is 163 Å². The van der Waals surface area contributed by atoms with Crippen molar-refractivity contribution in [2.75, 3.05) is 33.3 Å². The first-order chi connectivity index (χ1) is 13.0. The third-order valence-electron chi connectivity index (χ3n) is 5.07. The van der Waals surface area contributed by atoms with Gasteiger partial charge in [-0.05, 0) is 64.4 Å². The molecule has 0 spiro atoms. The maximum atomic E-state index is 13.8. The Morgan fingerprint density at radius 3 is 2.63 bits per heavy atom. The zero-order valence-corrected chi connectivity index (χ0v) is 17.3. The van der Waals surface area contributed by atoms with Crippen molar-refractivity contribution in [3.63, 3.8) is 0 Å². The van der Waals surface area contributed by atoms with Gasteiger partial charge in [0.25, 0.3) is 0 Å². The summed E-state index contributed by atoms with van der Waals surface area (Å²) in [6.07, 6.45) is 3.91. The van der Waals surface area contributed by atoms with E-state index in [1.807, 2.05) is 6.07 Å². The highest BCUT2D eigenvalue weighted by Gasteiger charge is 2.27. The fraction of sp³-hybridized carbons (Fsp3) is 0.667. The van der Waals surface area contributed by atoms with Crippen molar-refractivity contribution < 1.29 is 9.13 Å². The van der Waals surface area contributed by atoms with E-state index in [1.54, 1.807) is 13.2 Å². The molecular weight excluding hydrogens is 343 g/mol. The third kappa shape index (κ3) is 6.78. The minimum Gasteiger partial charge on any atom is -0.380 e. The Morgan fingerprint density at radius 1 is 1.22 bits per heavy atom. The quantitative estimate of drug-likeness (QED) is 0.538. The molecule has 6 heteroatoms. The number of ether oxygens (including phenoxy) is 1. The van der Waals surface area contributed by atoms with Crippen LogP contribution in [0.15, 0.2) is 23.2 Å². The molecular formula is C21H35FN4O. The molecule has 0 radical (unpaired) electrons. The van der Waals surface area contributed by atoms with E-state index in [-0.39, 0.29) is 18.0 Å². The lowest BCUT2D eigenvalue weighted by Crippen LogP contribution is -2.54. The van der Waals surface area contributed by atoms with Crippen molar-refractivity contribution in [3.05, 3.63) is 35.1 Å². The summed E-state index contributed by atoms with van der Waals surface area (Å²) in [6.45, 7) is 11.4. The number of benzene rings is 1. The molecule has 1 heterocycles. The van der Waals surface area contributed by atoms with Gasteiger partial charge in [0.15, 0.2) is 5.96 Å². The number of nitrogens with zero attached hydrogens (tertiary/aromatic N) is 2. The van der Waals surface area contributed by atoms with Crippen molar-refractivity contribution in [1.29, 1.82) is 0 Å². The number of hydrogen-bond acceptors (Lipinski definition) is 3. The van der Waals surface area contributed by atoms with Gasteiger partial charge in [0, 0.05) is 31.3 Å². The second-order valence-electron chi connectivity index (χ2n) is 7.77. The number of rotatable bonds is 8. The van der Waals surface area contributed by atoms with E-state index < -0.39 is 0 Å². The topological polar surface area (TPSA) is 48.9 Å². The average molecular weight is 379 g/mol. The van der Waals surface area contributed by atoms with Crippen LogP contribution in [-0.2, 0) is 17.9 Å². The molecule has 1 aliphatic heterocycles. The molecule has 5 nitrogen and oxygen atoms in total. The van der Waals surface area contributed by atoms with Crippen LogP contribution in [-0.4, -0.2) is 49.7 Å². The minimum atomic E-state index is -0.238. The van der Waals surface area contributed by atoms with Crippen LogP contribution in [0.3, 0.4) is 0 Å². The molecule has 0 aromatic heterocycles. The molecule has 1 aromatic carbocycles. The molecule has 2 N–H and O–H groups in total. The maximum absolute atomic E-state index is 13.8. The van der Waals surface area contributed by atoms with E-state index in [0.29, 0.717) is 12.1 Å². The van der Waals surface area contributed by atoms with E-state index in [2.05, 4.69) is 41.3 Å². The first-order valence-corrected chi connectivity index (χ1v) is 9.99. The summed E-state index contributed by atoms with van der Waals surface area (Å²) in [5.74, 6) is 0.554. The molecule has 0 bridgehead atoms. The molecule has 0 aliphatic carbocycles. The van der Waals surface area contributed by atoms with Gasteiger partial charge in [-0.15, -0.1) is 0 Å². The number of nitrogens with one attached hydrogen (secondary N) is 2. The van der Waals surface area contributed by atoms with Gasteiger partial charge in [0.1, 0.15) is 5.82 Å². The molecule has 1 aromatic rings. The van der Waals surface area contributed by atoms with Gasteiger partial charge in [-0.2, -0.15) is 0 Å². The maximum Gasteiger partial charge on any atom is 0.191 e. The summed E-state index contributed by atoms with van der Waals surface area (Å²) in [5.41, 5.74) is 1.61. The second-order valence-corrected chi connectivity index (χ2v) is 7.77. The Bertz CT molecular complexity index is 612. The highest BCUT2D eigenvalue weighted by atomic mass is 19.1. The van der Waals surface area contributed by atoms with Crippen LogP contribution in [0.2, 0.25) is 0 Å². The highest BCUT2D eigenvalue weighted by molar-refractivity contribution is 5.79. The van der Waals surface area contributed by atoms with Gasteiger partial charge in [0.05, 0.1) is 13.2 Å². The van der Waals surface area contributed by atoms with Crippen LogP contribution in [0.5, 0.6) is 0 Å². The number of halogens is 1. The predicted octanol–water partition coefficient (Wildman–Crippen LogP) is 3.29. The molecule has 2 rings (SSSR count). The average Bonchev–Trinajstić information content (AvgIpc) is 2.67. The Kier molecular flexibility index (Phi) is 8.51. The lowest BCUT2D eigenvalue weighted by molar-refractivity contribution is 0.0982. The monoisotopic (exact) mass is 378 g/mol. The number of guanidine groups is 1. The van der Waals surface area contributed by atoms with Crippen LogP contribution in [0.25, 0.3) is 0 Å². The van der Waals surface area contributed by atoms with Crippen LogP contribution >= 0.6 is 0 Å². The van der Waals surface area contributed by atoms with Gasteiger partial charge in [0.2, 0.25) is 0 Å². The number of likely N-dealkylation sites (tertiary alicyclic amines) is 1. The van der Waals surface area contributed by atoms with Gasteiger partial charge >= 0.3 is 0 Å². The van der Waals surface area contributed by atoms with Gasteiger partial charge in [-0.1, -0.05) is 12.5 Å². The zero-order chi connectivity index (χ0) is 19.7. The molecule has 0 unspecified atom stereocenters.